The zero-order valence-corrected chi connectivity index (χ0v) is 8.94. The van der Waals surface area contributed by atoms with Crippen LogP contribution in [-0.2, 0) is 0 Å². The summed E-state index contributed by atoms with van der Waals surface area (Å²) in [5.41, 5.74) is 1.93. The number of rotatable bonds is 2. The van der Waals surface area contributed by atoms with E-state index in [4.69, 9.17) is 0 Å². The lowest BCUT2D eigenvalue weighted by Crippen LogP contribution is -1.85. The van der Waals surface area contributed by atoms with Crippen LogP contribution in [0.2, 0.25) is 0 Å². The van der Waals surface area contributed by atoms with Gasteiger partial charge in [0.1, 0.15) is 6.33 Å². The van der Waals surface area contributed by atoms with Crippen molar-refractivity contribution >= 4 is 23.1 Å². The van der Waals surface area contributed by atoms with Crippen LogP contribution in [0.3, 0.4) is 0 Å². The molecule has 0 saturated heterocycles. The largest absolute Gasteiger partial charge is 0.239 e. The molecule has 4 heteroatoms. The van der Waals surface area contributed by atoms with E-state index in [1.54, 1.807) is 6.07 Å². The molecule has 1 aromatic rings. The number of nitrogens with zero attached hydrogens (tertiary/aromatic N) is 4. The molecule has 0 fully saturated rings. The summed E-state index contributed by atoms with van der Waals surface area (Å²) in [6.45, 7) is 7.71. The monoisotopic (exact) mass is 190 g/mol. The minimum atomic E-state index is 0.653. The van der Waals surface area contributed by atoms with Crippen molar-refractivity contribution in [2.24, 2.45) is 9.98 Å². The highest BCUT2D eigenvalue weighted by Gasteiger charge is 1.95. The molecule has 74 valence electrons. The summed E-state index contributed by atoms with van der Waals surface area (Å²) in [5.74, 6) is 1.31. The average Bonchev–Trinajstić information content (AvgIpc) is 2.01. The summed E-state index contributed by atoms with van der Waals surface area (Å²) in [6, 6.07) is 1.76. The number of hydrogen-bond donors (Lipinski definition) is 0. The number of hydrogen-bond acceptors (Lipinski definition) is 4. The molecule has 0 aliphatic rings. The van der Waals surface area contributed by atoms with Crippen LogP contribution in [0, 0.1) is 0 Å². The molecule has 1 rings (SSSR count). The van der Waals surface area contributed by atoms with Crippen molar-refractivity contribution in [2.45, 2.75) is 27.7 Å². The molecule has 0 aromatic carbocycles. The molecule has 0 atom stereocenters. The van der Waals surface area contributed by atoms with Crippen molar-refractivity contribution in [1.29, 1.82) is 0 Å². The summed E-state index contributed by atoms with van der Waals surface area (Å²) >= 11 is 0. The third kappa shape index (κ3) is 3.43. The summed E-state index contributed by atoms with van der Waals surface area (Å²) in [6.07, 6.45) is 1.48. The molecule has 1 aromatic heterocycles. The van der Waals surface area contributed by atoms with Gasteiger partial charge in [0.15, 0.2) is 11.6 Å². The molecule has 1 heterocycles. The van der Waals surface area contributed by atoms with E-state index < -0.39 is 0 Å². The average molecular weight is 190 g/mol. The van der Waals surface area contributed by atoms with Gasteiger partial charge in [-0.1, -0.05) is 0 Å². The fourth-order valence-electron chi connectivity index (χ4n) is 0.918. The van der Waals surface area contributed by atoms with Crippen LogP contribution in [0.25, 0.3) is 0 Å². The molecule has 0 spiro atoms. The van der Waals surface area contributed by atoms with Gasteiger partial charge in [-0.2, -0.15) is 0 Å². The first-order chi connectivity index (χ1) is 6.58. The SMILES string of the molecule is CC(C)=Nc1cc(N=C(C)C)ncn1. The minimum Gasteiger partial charge on any atom is -0.239 e. The van der Waals surface area contributed by atoms with Crippen LogP contribution >= 0.6 is 0 Å². The maximum absolute atomic E-state index is 4.22. The minimum absolute atomic E-state index is 0.653. The zero-order chi connectivity index (χ0) is 10.6. The van der Waals surface area contributed by atoms with Crippen LogP contribution in [0.5, 0.6) is 0 Å². The molecule has 0 amide bonds. The van der Waals surface area contributed by atoms with Crippen LogP contribution < -0.4 is 0 Å². The molecule has 0 aliphatic carbocycles. The van der Waals surface area contributed by atoms with E-state index >= 15 is 0 Å². The van der Waals surface area contributed by atoms with Crippen LogP contribution in [0.4, 0.5) is 11.6 Å². The maximum Gasteiger partial charge on any atom is 0.157 e. The molecule has 0 aliphatic heterocycles. The fourth-order valence-corrected chi connectivity index (χ4v) is 0.918. The van der Waals surface area contributed by atoms with Gasteiger partial charge >= 0.3 is 0 Å². The zero-order valence-electron chi connectivity index (χ0n) is 8.94. The Hall–Kier alpha value is -1.58. The molecule has 0 N–H and O–H groups in total. The molecule has 0 bridgehead atoms. The van der Waals surface area contributed by atoms with E-state index in [1.807, 2.05) is 27.7 Å². The van der Waals surface area contributed by atoms with Gasteiger partial charge in [-0.15, -0.1) is 0 Å². The first-order valence-corrected chi connectivity index (χ1v) is 4.44. The smallest absolute Gasteiger partial charge is 0.157 e. The maximum atomic E-state index is 4.22. The van der Waals surface area contributed by atoms with Crippen molar-refractivity contribution in [3.8, 4) is 0 Å². The molecule has 0 unspecified atom stereocenters. The van der Waals surface area contributed by atoms with Gasteiger partial charge in [0.25, 0.3) is 0 Å². The standard InChI is InChI=1S/C10H14N4/c1-7(2)13-9-5-10(12-6-11-9)14-8(3)4/h5-6H,1-4H3. The molecule has 14 heavy (non-hydrogen) atoms. The summed E-state index contributed by atoms with van der Waals surface area (Å²) in [5, 5.41) is 0. The Kier molecular flexibility index (Phi) is 3.45. The van der Waals surface area contributed by atoms with Crippen LogP contribution in [-0.4, -0.2) is 21.4 Å². The normalized spacial score (nSPS) is 9.43. The van der Waals surface area contributed by atoms with Gasteiger partial charge in [-0.25, -0.2) is 20.0 Å². The lowest BCUT2D eigenvalue weighted by atomic mass is 10.4. The summed E-state index contributed by atoms with van der Waals surface area (Å²) < 4.78 is 0. The van der Waals surface area contributed by atoms with E-state index in [1.165, 1.54) is 6.33 Å². The lowest BCUT2D eigenvalue weighted by molar-refractivity contribution is 1.13. The van der Waals surface area contributed by atoms with Crippen molar-refractivity contribution in [3.05, 3.63) is 12.4 Å². The second kappa shape index (κ2) is 4.60. The molecular weight excluding hydrogens is 176 g/mol. The fraction of sp³-hybridized carbons (Fsp3) is 0.400. The summed E-state index contributed by atoms with van der Waals surface area (Å²) in [7, 11) is 0. The van der Waals surface area contributed by atoms with Gasteiger partial charge in [0.2, 0.25) is 0 Å². The van der Waals surface area contributed by atoms with E-state index in [2.05, 4.69) is 20.0 Å². The third-order valence-corrected chi connectivity index (χ3v) is 1.31. The molecule has 4 nitrogen and oxygen atoms in total. The second-order valence-electron chi connectivity index (χ2n) is 3.35. The van der Waals surface area contributed by atoms with Crippen molar-refractivity contribution in [2.75, 3.05) is 0 Å². The second-order valence-corrected chi connectivity index (χ2v) is 3.35. The van der Waals surface area contributed by atoms with E-state index in [0.29, 0.717) is 11.6 Å². The van der Waals surface area contributed by atoms with Gasteiger partial charge in [0, 0.05) is 17.5 Å². The predicted octanol–water partition coefficient (Wildman–Crippen LogP) is 2.70. The van der Waals surface area contributed by atoms with Crippen LogP contribution in [0.1, 0.15) is 27.7 Å². The number of aromatic nitrogens is 2. The van der Waals surface area contributed by atoms with Crippen molar-refractivity contribution in [3.63, 3.8) is 0 Å². The van der Waals surface area contributed by atoms with Crippen LogP contribution in [0.15, 0.2) is 22.4 Å². The van der Waals surface area contributed by atoms with Crippen molar-refractivity contribution in [1.82, 2.24) is 9.97 Å². The van der Waals surface area contributed by atoms with E-state index in [9.17, 15) is 0 Å². The van der Waals surface area contributed by atoms with Gasteiger partial charge in [-0.05, 0) is 27.7 Å². The number of aliphatic imine (C=N–C) groups is 2. The Bertz CT molecular complexity index is 338. The van der Waals surface area contributed by atoms with Crippen molar-refractivity contribution < 1.29 is 0 Å². The van der Waals surface area contributed by atoms with E-state index in [-0.39, 0.29) is 0 Å². The highest BCUT2D eigenvalue weighted by Crippen LogP contribution is 2.14. The van der Waals surface area contributed by atoms with Gasteiger partial charge in [0.05, 0.1) is 0 Å². The third-order valence-electron chi connectivity index (χ3n) is 1.31. The highest BCUT2D eigenvalue weighted by molar-refractivity contribution is 5.83. The lowest BCUT2D eigenvalue weighted by Gasteiger charge is -1.96. The highest BCUT2D eigenvalue weighted by atomic mass is 15.0. The quantitative estimate of drug-likeness (QED) is 0.673. The predicted molar refractivity (Wildman–Crippen MR) is 58.9 cm³/mol. The summed E-state index contributed by atoms with van der Waals surface area (Å²) in [4.78, 5) is 16.5. The Labute approximate surface area is 83.9 Å². The molecule has 0 saturated carbocycles. The first kappa shape index (κ1) is 10.5. The first-order valence-electron chi connectivity index (χ1n) is 4.44. The molecular formula is C10H14N4. The van der Waals surface area contributed by atoms with E-state index in [0.717, 1.165) is 11.4 Å². The van der Waals surface area contributed by atoms with Gasteiger partial charge in [-0.3, -0.25) is 0 Å². The topological polar surface area (TPSA) is 50.5 Å². The Morgan fingerprint density at radius 1 is 0.929 bits per heavy atom. The molecule has 0 radical (unpaired) electrons. The Morgan fingerprint density at radius 3 is 1.71 bits per heavy atom. The Morgan fingerprint density at radius 2 is 1.36 bits per heavy atom. The Balaban J connectivity index is 3.01. The van der Waals surface area contributed by atoms with Gasteiger partial charge < -0.3 is 0 Å².